The number of rotatable bonds is 8. The number of anilines is 2. The summed E-state index contributed by atoms with van der Waals surface area (Å²) in [6.45, 7) is 6.61. The van der Waals surface area contributed by atoms with Gasteiger partial charge in [0.2, 0.25) is 11.8 Å². The monoisotopic (exact) mass is 353 g/mol. The van der Waals surface area contributed by atoms with E-state index in [0.29, 0.717) is 13.0 Å². The van der Waals surface area contributed by atoms with E-state index in [-0.39, 0.29) is 18.4 Å². The zero-order valence-corrected chi connectivity index (χ0v) is 15.7. The van der Waals surface area contributed by atoms with Crippen LogP contribution in [-0.4, -0.2) is 18.4 Å². The van der Waals surface area contributed by atoms with Gasteiger partial charge in [-0.3, -0.25) is 9.59 Å². The summed E-state index contributed by atoms with van der Waals surface area (Å²) in [5, 5.41) is 8.96. The molecular formula is C21H27N3O2. The lowest BCUT2D eigenvalue weighted by Gasteiger charge is -2.14. The molecule has 5 heteroatoms. The van der Waals surface area contributed by atoms with Gasteiger partial charge < -0.3 is 16.0 Å². The van der Waals surface area contributed by atoms with Crippen LogP contribution < -0.4 is 16.0 Å². The van der Waals surface area contributed by atoms with Crippen molar-refractivity contribution >= 4 is 23.2 Å². The highest BCUT2D eigenvalue weighted by Gasteiger charge is 2.08. The number of hydrogen-bond donors (Lipinski definition) is 3. The summed E-state index contributed by atoms with van der Waals surface area (Å²) in [5.41, 5.74) is 4.78. The van der Waals surface area contributed by atoms with Gasteiger partial charge in [0.25, 0.3) is 0 Å². The Morgan fingerprint density at radius 3 is 2.42 bits per heavy atom. The van der Waals surface area contributed by atoms with E-state index >= 15 is 0 Å². The molecule has 138 valence electrons. The van der Waals surface area contributed by atoms with Crippen molar-refractivity contribution in [2.45, 2.75) is 40.2 Å². The van der Waals surface area contributed by atoms with Gasteiger partial charge in [-0.25, -0.2) is 0 Å². The van der Waals surface area contributed by atoms with Gasteiger partial charge in [-0.2, -0.15) is 0 Å². The second kappa shape index (κ2) is 9.61. The van der Waals surface area contributed by atoms with Gasteiger partial charge in [0.1, 0.15) is 0 Å². The van der Waals surface area contributed by atoms with Crippen LogP contribution in [0.15, 0.2) is 42.5 Å². The first-order chi connectivity index (χ1) is 12.5. The summed E-state index contributed by atoms with van der Waals surface area (Å²) in [6, 6.07) is 13.7. The Kier molecular flexibility index (Phi) is 7.21. The average molecular weight is 353 g/mol. The van der Waals surface area contributed by atoms with Crippen molar-refractivity contribution in [2.24, 2.45) is 0 Å². The maximum atomic E-state index is 12.1. The Bertz CT molecular complexity index is 772. The third-order valence-electron chi connectivity index (χ3n) is 4.10. The first-order valence-corrected chi connectivity index (χ1v) is 8.95. The SMILES string of the molecule is CCCC(=O)Nc1cccc(NCC(=O)NCc2cccc(C)c2)c1C. The number of benzene rings is 2. The number of hydrogen-bond acceptors (Lipinski definition) is 3. The highest BCUT2D eigenvalue weighted by molar-refractivity contribution is 5.92. The zero-order chi connectivity index (χ0) is 18.9. The standard InChI is InChI=1S/C21H27N3O2/c1-4-7-20(25)24-19-11-6-10-18(16(19)3)22-14-21(26)23-13-17-9-5-8-15(2)12-17/h5-6,8-12,22H,4,7,13-14H2,1-3H3,(H,23,26)(H,24,25). The van der Waals surface area contributed by atoms with Crippen LogP contribution in [0.25, 0.3) is 0 Å². The van der Waals surface area contributed by atoms with Crippen LogP contribution >= 0.6 is 0 Å². The van der Waals surface area contributed by atoms with Crippen LogP contribution in [0.3, 0.4) is 0 Å². The first-order valence-electron chi connectivity index (χ1n) is 8.95. The van der Waals surface area contributed by atoms with Crippen molar-refractivity contribution in [3.63, 3.8) is 0 Å². The molecule has 2 rings (SSSR count). The van der Waals surface area contributed by atoms with Crippen molar-refractivity contribution in [3.8, 4) is 0 Å². The molecule has 26 heavy (non-hydrogen) atoms. The quantitative estimate of drug-likeness (QED) is 0.676. The Balaban J connectivity index is 1.88. The number of nitrogens with one attached hydrogen (secondary N) is 3. The Hall–Kier alpha value is -2.82. The van der Waals surface area contributed by atoms with Gasteiger partial charge in [0.05, 0.1) is 6.54 Å². The minimum atomic E-state index is -0.0775. The van der Waals surface area contributed by atoms with Crippen molar-refractivity contribution in [1.82, 2.24) is 5.32 Å². The molecule has 5 nitrogen and oxygen atoms in total. The van der Waals surface area contributed by atoms with Crippen molar-refractivity contribution < 1.29 is 9.59 Å². The van der Waals surface area contributed by atoms with Crippen LogP contribution in [0.5, 0.6) is 0 Å². The molecule has 0 aromatic heterocycles. The van der Waals surface area contributed by atoms with Crippen LogP contribution in [0, 0.1) is 13.8 Å². The Morgan fingerprint density at radius 1 is 0.962 bits per heavy atom. The average Bonchev–Trinajstić information content (AvgIpc) is 2.61. The number of aryl methyl sites for hydroxylation is 1. The van der Waals surface area contributed by atoms with Gasteiger partial charge in [-0.15, -0.1) is 0 Å². The fourth-order valence-electron chi connectivity index (χ4n) is 2.66. The molecule has 0 saturated carbocycles. The molecule has 2 aromatic carbocycles. The highest BCUT2D eigenvalue weighted by atomic mass is 16.2. The molecule has 0 aliphatic heterocycles. The molecule has 0 heterocycles. The molecular weight excluding hydrogens is 326 g/mol. The van der Waals surface area contributed by atoms with E-state index in [1.165, 1.54) is 5.56 Å². The van der Waals surface area contributed by atoms with E-state index in [1.54, 1.807) is 0 Å². The minimum absolute atomic E-state index is 0.00338. The van der Waals surface area contributed by atoms with Gasteiger partial charge in [0.15, 0.2) is 0 Å². The van der Waals surface area contributed by atoms with Crippen LogP contribution in [-0.2, 0) is 16.1 Å². The second-order valence-corrected chi connectivity index (χ2v) is 6.40. The van der Waals surface area contributed by atoms with Gasteiger partial charge >= 0.3 is 0 Å². The molecule has 0 saturated heterocycles. The molecule has 0 spiro atoms. The third kappa shape index (κ3) is 5.92. The van der Waals surface area contributed by atoms with Gasteiger partial charge in [0, 0.05) is 24.3 Å². The van der Waals surface area contributed by atoms with E-state index in [1.807, 2.05) is 57.2 Å². The molecule has 2 amide bonds. The van der Waals surface area contributed by atoms with Gasteiger partial charge in [-0.05, 0) is 43.5 Å². The number of carbonyl (C=O) groups is 2. The number of carbonyl (C=O) groups excluding carboxylic acids is 2. The summed E-state index contributed by atoms with van der Waals surface area (Å²) in [6.07, 6.45) is 1.31. The molecule has 0 fully saturated rings. The van der Waals surface area contributed by atoms with Crippen LogP contribution in [0.2, 0.25) is 0 Å². The van der Waals surface area contributed by atoms with E-state index in [9.17, 15) is 9.59 Å². The van der Waals surface area contributed by atoms with Crippen molar-refractivity contribution in [2.75, 3.05) is 17.2 Å². The van der Waals surface area contributed by atoms with Crippen molar-refractivity contribution in [3.05, 3.63) is 59.2 Å². The minimum Gasteiger partial charge on any atom is -0.376 e. The number of amides is 2. The van der Waals surface area contributed by atoms with Crippen molar-refractivity contribution in [1.29, 1.82) is 0 Å². The summed E-state index contributed by atoms with van der Waals surface area (Å²) in [7, 11) is 0. The largest absolute Gasteiger partial charge is 0.376 e. The lowest BCUT2D eigenvalue weighted by atomic mass is 10.1. The normalized spacial score (nSPS) is 10.3. The Labute approximate surface area is 155 Å². The Morgan fingerprint density at radius 2 is 1.69 bits per heavy atom. The first kappa shape index (κ1) is 19.5. The van der Waals surface area contributed by atoms with E-state index in [0.717, 1.165) is 28.9 Å². The molecule has 0 aliphatic carbocycles. The smallest absolute Gasteiger partial charge is 0.239 e. The maximum absolute atomic E-state index is 12.1. The predicted molar refractivity (Wildman–Crippen MR) is 106 cm³/mol. The molecule has 0 aliphatic rings. The molecule has 0 atom stereocenters. The second-order valence-electron chi connectivity index (χ2n) is 6.40. The topological polar surface area (TPSA) is 70.2 Å². The van der Waals surface area contributed by atoms with Gasteiger partial charge in [-0.1, -0.05) is 42.8 Å². The zero-order valence-electron chi connectivity index (χ0n) is 15.7. The predicted octanol–water partition coefficient (Wildman–Crippen LogP) is 3.77. The molecule has 2 aromatic rings. The lowest BCUT2D eigenvalue weighted by molar-refractivity contribution is -0.119. The van der Waals surface area contributed by atoms with Crippen LogP contribution in [0.4, 0.5) is 11.4 Å². The lowest BCUT2D eigenvalue weighted by Crippen LogP contribution is -2.29. The van der Waals surface area contributed by atoms with E-state index in [4.69, 9.17) is 0 Å². The summed E-state index contributed by atoms with van der Waals surface area (Å²) >= 11 is 0. The maximum Gasteiger partial charge on any atom is 0.239 e. The molecule has 0 unspecified atom stereocenters. The third-order valence-corrected chi connectivity index (χ3v) is 4.10. The molecule has 0 radical (unpaired) electrons. The van der Waals surface area contributed by atoms with Crippen LogP contribution in [0.1, 0.15) is 36.5 Å². The molecule has 0 bridgehead atoms. The summed E-state index contributed by atoms with van der Waals surface area (Å²) in [5.74, 6) is -0.0741. The summed E-state index contributed by atoms with van der Waals surface area (Å²) < 4.78 is 0. The molecule has 3 N–H and O–H groups in total. The fraction of sp³-hybridized carbons (Fsp3) is 0.333. The fourth-order valence-corrected chi connectivity index (χ4v) is 2.66. The summed E-state index contributed by atoms with van der Waals surface area (Å²) in [4.78, 5) is 23.9. The van der Waals surface area contributed by atoms with E-state index < -0.39 is 0 Å². The highest BCUT2D eigenvalue weighted by Crippen LogP contribution is 2.23. The van der Waals surface area contributed by atoms with E-state index in [2.05, 4.69) is 22.0 Å².